The van der Waals surface area contributed by atoms with Crippen LogP contribution in [0.2, 0.25) is 5.02 Å². The maximum absolute atomic E-state index is 12.0. The maximum atomic E-state index is 12.0. The van der Waals surface area contributed by atoms with Gasteiger partial charge in [0.2, 0.25) is 11.8 Å². The van der Waals surface area contributed by atoms with Gasteiger partial charge in [0.05, 0.1) is 12.8 Å². The molecule has 1 aliphatic heterocycles. The van der Waals surface area contributed by atoms with Gasteiger partial charge in [-0.3, -0.25) is 9.59 Å². The number of carbonyl (C=O) groups excluding carboxylic acids is 2. The Morgan fingerprint density at radius 3 is 2.62 bits per heavy atom. The van der Waals surface area contributed by atoms with Gasteiger partial charge in [-0.2, -0.15) is 0 Å². The molecule has 0 atom stereocenters. The summed E-state index contributed by atoms with van der Waals surface area (Å²) in [6, 6.07) is 13.3. The van der Waals surface area contributed by atoms with Crippen molar-refractivity contribution in [2.75, 3.05) is 18.5 Å². The number of halogens is 1. The zero-order valence-electron chi connectivity index (χ0n) is 13.5. The number of hydrogen-bond acceptors (Lipinski definition) is 2. The molecule has 0 saturated carbocycles. The summed E-state index contributed by atoms with van der Waals surface area (Å²) in [5, 5.41) is 3.60. The second-order valence-electron chi connectivity index (χ2n) is 6.00. The highest BCUT2D eigenvalue weighted by molar-refractivity contribution is 6.30. The lowest BCUT2D eigenvalue weighted by Gasteiger charge is -2.11. The molecular weight excluding hydrogens is 324 g/mol. The first-order chi connectivity index (χ1) is 11.5. The number of anilines is 1. The lowest BCUT2D eigenvalue weighted by atomic mass is 10.1. The molecule has 0 fully saturated rings. The Labute approximate surface area is 146 Å². The van der Waals surface area contributed by atoms with E-state index >= 15 is 0 Å². The number of fused-ring (bicyclic) bond motifs is 1. The molecule has 4 nitrogen and oxygen atoms in total. The summed E-state index contributed by atoms with van der Waals surface area (Å²) in [6.07, 6.45) is 1.56. The Kier molecular flexibility index (Phi) is 4.86. The summed E-state index contributed by atoms with van der Waals surface area (Å²) in [5.74, 6) is 0.117. The Bertz CT molecular complexity index is 771. The van der Waals surface area contributed by atoms with E-state index in [-0.39, 0.29) is 11.8 Å². The number of amides is 2. The molecule has 124 valence electrons. The van der Waals surface area contributed by atoms with Gasteiger partial charge >= 0.3 is 0 Å². The summed E-state index contributed by atoms with van der Waals surface area (Å²) in [5.41, 5.74) is 4.11. The highest BCUT2D eigenvalue weighted by atomic mass is 35.5. The fourth-order valence-corrected chi connectivity index (χ4v) is 3.00. The van der Waals surface area contributed by atoms with Gasteiger partial charge in [0.1, 0.15) is 0 Å². The van der Waals surface area contributed by atoms with Crippen molar-refractivity contribution in [3.63, 3.8) is 0 Å². The number of rotatable bonds is 5. The van der Waals surface area contributed by atoms with E-state index < -0.39 is 0 Å². The molecule has 0 unspecified atom stereocenters. The normalized spacial score (nSPS) is 13.1. The molecule has 2 amide bonds. The lowest BCUT2D eigenvalue weighted by molar-refractivity contribution is -0.120. The van der Waals surface area contributed by atoms with Crippen molar-refractivity contribution in [2.24, 2.45) is 0 Å². The second-order valence-corrected chi connectivity index (χ2v) is 6.43. The smallest absolute Gasteiger partial charge is 0.231 e. The Morgan fingerprint density at radius 1 is 1.17 bits per heavy atom. The van der Waals surface area contributed by atoms with E-state index in [0.29, 0.717) is 24.4 Å². The van der Waals surface area contributed by atoms with Crippen molar-refractivity contribution in [2.45, 2.75) is 19.3 Å². The van der Waals surface area contributed by atoms with E-state index in [1.54, 1.807) is 24.1 Å². The van der Waals surface area contributed by atoms with Gasteiger partial charge in [0.15, 0.2) is 0 Å². The number of nitrogens with one attached hydrogen (secondary N) is 1. The minimum absolute atomic E-state index is 0.00612. The van der Waals surface area contributed by atoms with Crippen LogP contribution in [0.25, 0.3) is 0 Å². The first-order valence-electron chi connectivity index (χ1n) is 7.92. The van der Waals surface area contributed by atoms with Crippen molar-refractivity contribution in [1.82, 2.24) is 5.32 Å². The van der Waals surface area contributed by atoms with Crippen LogP contribution in [0.5, 0.6) is 0 Å². The second kappa shape index (κ2) is 7.05. The van der Waals surface area contributed by atoms with E-state index in [4.69, 9.17) is 11.6 Å². The molecule has 0 aromatic heterocycles. The zero-order valence-corrected chi connectivity index (χ0v) is 14.3. The largest absolute Gasteiger partial charge is 0.355 e. The van der Waals surface area contributed by atoms with Gasteiger partial charge < -0.3 is 10.2 Å². The highest BCUT2D eigenvalue weighted by Gasteiger charge is 2.23. The van der Waals surface area contributed by atoms with E-state index in [2.05, 4.69) is 11.4 Å². The number of hydrogen-bond donors (Lipinski definition) is 1. The Morgan fingerprint density at radius 2 is 1.88 bits per heavy atom. The molecule has 0 saturated heterocycles. The van der Waals surface area contributed by atoms with E-state index in [1.165, 1.54) is 0 Å². The lowest BCUT2D eigenvalue weighted by Crippen LogP contribution is -2.27. The van der Waals surface area contributed by atoms with Crippen LogP contribution in [0.4, 0.5) is 5.69 Å². The summed E-state index contributed by atoms with van der Waals surface area (Å²) in [6.45, 7) is 0.578. The number of carbonyl (C=O) groups is 2. The minimum atomic E-state index is -0.00612. The Balaban J connectivity index is 1.50. The summed E-state index contributed by atoms with van der Waals surface area (Å²) < 4.78 is 0. The quantitative estimate of drug-likeness (QED) is 0.908. The SMILES string of the molecule is CN1C(=O)Cc2cc(CCNC(=O)Cc3ccc(Cl)cc3)ccc21. The summed E-state index contributed by atoms with van der Waals surface area (Å²) in [4.78, 5) is 25.4. The van der Waals surface area contributed by atoms with Gasteiger partial charge in [-0.15, -0.1) is 0 Å². The molecule has 0 bridgehead atoms. The summed E-state index contributed by atoms with van der Waals surface area (Å²) >= 11 is 5.83. The third-order valence-corrected chi connectivity index (χ3v) is 4.49. The molecule has 1 heterocycles. The third kappa shape index (κ3) is 3.77. The number of nitrogens with zero attached hydrogens (tertiary/aromatic N) is 1. The van der Waals surface area contributed by atoms with Crippen LogP contribution in [0.1, 0.15) is 16.7 Å². The van der Waals surface area contributed by atoms with Gasteiger partial charge in [0.25, 0.3) is 0 Å². The molecular formula is C19H19ClN2O2. The summed E-state index contributed by atoms with van der Waals surface area (Å²) in [7, 11) is 1.80. The van der Waals surface area contributed by atoms with Crippen LogP contribution < -0.4 is 10.2 Å². The van der Waals surface area contributed by atoms with Gasteiger partial charge in [-0.25, -0.2) is 0 Å². The van der Waals surface area contributed by atoms with Crippen LogP contribution in [-0.2, 0) is 28.9 Å². The molecule has 0 radical (unpaired) electrons. The fraction of sp³-hybridized carbons (Fsp3) is 0.263. The highest BCUT2D eigenvalue weighted by Crippen LogP contribution is 2.28. The molecule has 0 spiro atoms. The van der Waals surface area contributed by atoms with Crippen molar-refractivity contribution in [3.05, 3.63) is 64.2 Å². The topological polar surface area (TPSA) is 49.4 Å². The number of benzene rings is 2. The molecule has 1 N–H and O–H groups in total. The molecule has 2 aromatic carbocycles. The first kappa shape index (κ1) is 16.5. The molecule has 24 heavy (non-hydrogen) atoms. The van der Waals surface area contributed by atoms with E-state index in [1.807, 2.05) is 24.3 Å². The van der Waals surface area contributed by atoms with Crippen molar-refractivity contribution >= 4 is 29.1 Å². The van der Waals surface area contributed by atoms with Crippen LogP contribution in [-0.4, -0.2) is 25.4 Å². The molecule has 2 aromatic rings. The van der Waals surface area contributed by atoms with Gasteiger partial charge in [0, 0.05) is 24.3 Å². The average Bonchev–Trinajstić information content (AvgIpc) is 2.84. The molecule has 1 aliphatic rings. The monoisotopic (exact) mass is 342 g/mol. The van der Waals surface area contributed by atoms with Gasteiger partial charge in [-0.05, 0) is 41.3 Å². The maximum Gasteiger partial charge on any atom is 0.231 e. The molecule has 3 rings (SSSR count). The minimum Gasteiger partial charge on any atom is -0.355 e. The van der Waals surface area contributed by atoms with Crippen LogP contribution >= 0.6 is 11.6 Å². The zero-order chi connectivity index (χ0) is 17.1. The standard InChI is InChI=1S/C19H19ClN2O2/c1-22-17-7-4-14(10-15(17)12-19(22)24)8-9-21-18(23)11-13-2-5-16(20)6-3-13/h2-7,10H,8-9,11-12H2,1H3,(H,21,23). The van der Waals surface area contributed by atoms with Crippen LogP contribution in [0.3, 0.4) is 0 Å². The van der Waals surface area contributed by atoms with Crippen LogP contribution in [0, 0.1) is 0 Å². The molecule has 5 heteroatoms. The predicted octanol–water partition coefficient (Wildman–Crippen LogP) is 2.76. The van der Waals surface area contributed by atoms with Crippen LogP contribution in [0.15, 0.2) is 42.5 Å². The van der Waals surface area contributed by atoms with E-state index in [0.717, 1.165) is 28.8 Å². The first-order valence-corrected chi connectivity index (χ1v) is 8.30. The van der Waals surface area contributed by atoms with Gasteiger partial charge in [-0.1, -0.05) is 35.9 Å². The molecule has 0 aliphatic carbocycles. The van der Waals surface area contributed by atoms with E-state index in [9.17, 15) is 9.59 Å². The number of likely N-dealkylation sites (N-methyl/N-ethyl adjacent to an activating group) is 1. The van der Waals surface area contributed by atoms with Crippen molar-refractivity contribution in [3.8, 4) is 0 Å². The third-order valence-electron chi connectivity index (χ3n) is 4.23. The predicted molar refractivity (Wildman–Crippen MR) is 95.4 cm³/mol. The fourth-order valence-electron chi connectivity index (χ4n) is 2.88. The van der Waals surface area contributed by atoms with Crippen molar-refractivity contribution < 1.29 is 9.59 Å². The Hall–Kier alpha value is -2.33. The average molecular weight is 343 g/mol. The van der Waals surface area contributed by atoms with Crippen molar-refractivity contribution in [1.29, 1.82) is 0 Å².